The van der Waals surface area contributed by atoms with E-state index in [4.69, 9.17) is 11.6 Å². The number of aldehydes is 1. The van der Waals surface area contributed by atoms with Crippen molar-refractivity contribution >= 4 is 23.5 Å². The van der Waals surface area contributed by atoms with Crippen molar-refractivity contribution in [2.45, 2.75) is 39.5 Å². The van der Waals surface area contributed by atoms with Gasteiger partial charge in [-0.2, -0.15) is 0 Å². The summed E-state index contributed by atoms with van der Waals surface area (Å²) in [5.74, 6) is 0. The van der Waals surface area contributed by atoms with Crippen LogP contribution >= 0.6 is 11.6 Å². The number of halogens is 1. The lowest BCUT2D eigenvalue weighted by atomic mass is 9.70. The molecule has 1 nitrogen and oxygen atoms in total. The maximum absolute atomic E-state index is 11.2. The second kappa shape index (κ2) is 5.27. The monoisotopic (exact) mass is 262 g/mol. The van der Waals surface area contributed by atoms with Crippen LogP contribution < -0.4 is 0 Å². The third-order valence-electron chi connectivity index (χ3n) is 4.18. The van der Waals surface area contributed by atoms with E-state index < -0.39 is 0 Å². The number of carbonyl (C=O) groups is 1. The summed E-state index contributed by atoms with van der Waals surface area (Å²) in [5, 5.41) is 0.737. The third kappa shape index (κ3) is 2.67. The van der Waals surface area contributed by atoms with Crippen molar-refractivity contribution in [3.63, 3.8) is 0 Å². The summed E-state index contributed by atoms with van der Waals surface area (Å²) in [4.78, 5) is 11.2. The maximum Gasteiger partial charge on any atom is 0.146 e. The average Bonchev–Trinajstić information content (AvgIpc) is 2.40. The van der Waals surface area contributed by atoms with E-state index in [-0.39, 0.29) is 0 Å². The van der Waals surface area contributed by atoms with Gasteiger partial charge in [0.25, 0.3) is 0 Å². The van der Waals surface area contributed by atoms with Gasteiger partial charge in [0, 0.05) is 5.02 Å². The highest BCUT2D eigenvalue weighted by Gasteiger charge is 2.30. The highest BCUT2D eigenvalue weighted by Crippen LogP contribution is 2.44. The van der Waals surface area contributed by atoms with Crippen LogP contribution in [-0.4, -0.2) is 6.29 Å². The minimum Gasteiger partial charge on any atom is -0.298 e. The van der Waals surface area contributed by atoms with E-state index in [1.165, 1.54) is 5.57 Å². The Kier molecular flexibility index (Phi) is 3.91. The predicted molar refractivity (Wildman–Crippen MR) is 76.7 cm³/mol. The fourth-order valence-corrected chi connectivity index (χ4v) is 2.71. The lowest BCUT2D eigenvalue weighted by Gasteiger charge is -2.34. The molecule has 0 radical (unpaired) electrons. The Morgan fingerprint density at radius 3 is 2.56 bits per heavy atom. The van der Waals surface area contributed by atoms with Gasteiger partial charge in [-0.15, -0.1) is 0 Å². The summed E-state index contributed by atoms with van der Waals surface area (Å²) >= 11 is 5.92. The first-order valence-corrected chi connectivity index (χ1v) is 6.89. The van der Waals surface area contributed by atoms with Gasteiger partial charge in [0.05, 0.1) is 0 Å². The average molecular weight is 263 g/mol. The minimum absolute atomic E-state index is 0.321. The Labute approximate surface area is 114 Å². The largest absolute Gasteiger partial charge is 0.298 e. The van der Waals surface area contributed by atoms with Gasteiger partial charge < -0.3 is 0 Å². The van der Waals surface area contributed by atoms with Crippen molar-refractivity contribution < 1.29 is 4.79 Å². The highest BCUT2D eigenvalue weighted by atomic mass is 35.5. The van der Waals surface area contributed by atoms with E-state index in [0.29, 0.717) is 5.41 Å². The zero-order chi connectivity index (χ0) is 13.2. The molecule has 18 heavy (non-hydrogen) atoms. The normalized spacial score (nSPS) is 24.2. The quantitative estimate of drug-likeness (QED) is 0.709. The molecule has 0 spiro atoms. The molecule has 0 saturated carbocycles. The summed E-state index contributed by atoms with van der Waals surface area (Å²) < 4.78 is 0. The highest BCUT2D eigenvalue weighted by molar-refractivity contribution is 6.30. The minimum atomic E-state index is 0.321. The number of carbonyl (C=O) groups excluding carboxylic acids is 1. The van der Waals surface area contributed by atoms with Crippen molar-refractivity contribution in [3.8, 4) is 0 Å². The SMILES string of the molecule is CCC1(C)CCC(C=O)=C(c2ccc(Cl)cc2)C1. The zero-order valence-electron chi connectivity index (χ0n) is 11.0. The van der Waals surface area contributed by atoms with Gasteiger partial charge in [-0.05, 0) is 53.5 Å². The molecule has 2 heteroatoms. The standard InChI is InChI=1S/C16H19ClO/c1-3-16(2)9-8-13(11-18)15(10-16)12-4-6-14(17)7-5-12/h4-7,11H,3,8-10H2,1-2H3. The molecule has 0 N–H and O–H groups in total. The fraction of sp³-hybridized carbons (Fsp3) is 0.438. The summed E-state index contributed by atoms with van der Waals surface area (Å²) in [6.07, 6.45) is 5.16. The topological polar surface area (TPSA) is 17.1 Å². The molecule has 0 fully saturated rings. The molecule has 0 saturated heterocycles. The molecule has 1 aliphatic carbocycles. The second-order valence-corrected chi connectivity index (χ2v) is 5.91. The predicted octanol–water partition coefficient (Wildman–Crippen LogP) is 4.89. The molecule has 0 amide bonds. The summed E-state index contributed by atoms with van der Waals surface area (Å²) in [5.41, 5.74) is 3.63. The van der Waals surface area contributed by atoms with E-state index >= 15 is 0 Å². The number of hydrogen-bond donors (Lipinski definition) is 0. The number of rotatable bonds is 3. The van der Waals surface area contributed by atoms with Crippen molar-refractivity contribution in [3.05, 3.63) is 40.4 Å². The van der Waals surface area contributed by atoms with Gasteiger partial charge in [-0.25, -0.2) is 0 Å². The number of allylic oxidation sites excluding steroid dienone is 2. The van der Waals surface area contributed by atoms with E-state index in [1.54, 1.807) is 0 Å². The van der Waals surface area contributed by atoms with Crippen LogP contribution in [0.25, 0.3) is 5.57 Å². The molecule has 0 bridgehead atoms. The molecule has 2 rings (SSSR count). The van der Waals surface area contributed by atoms with E-state index in [1.807, 2.05) is 24.3 Å². The van der Waals surface area contributed by atoms with Gasteiger partial charge in [-0.1, -0.05) is 44.0 Å². The molecule has 1 aromatic rings. The third-order valence-corrected chi connectivity index (χ3v) is 4.43. The molecule has 1 atom stereocenters. The molecule has 0 heterocycles. The second-order valence-electron chi connectivity index (χ2n) is 5.47. The molecule has 1 unspecified atom stereocenters. The molecule has 0 aliphatic heterocycles. The molecule has 1 aromatic carbocycles. The summed E-state index contributed by atoms with van der Waals surface area (Å²) in [6.45, 7) is 4.54. The van der Waals surface area contributed by atoms with Crippen LogP contribution in [-0.2, 0) is 4.79 Å². The van der Waals surface area contributed by atoms with Gasteiger partial charge in [-0.3, -0.25) is 4.79 Å². The van der Waals surface area contributed by atoms with Crippen LogP contribution in [0.1, 0.15) is 45.1 Å². The van der Waals surface area contributed by atoms with Gasteiger partial charge >= 0.3 is 0 Å². The summed E-state index contributed by atoms with van der Waals surface area (Å²) in [7, 11) is 0. The Bertz CT molecular complexity index is 472. The van der Waals surface area contributed by atoms with Crippen LogP contribution in [0.2, 0.25) is 5.02 Å². The first-order valence-electron chi connectivity index (χ1n) is 6.51. The number of benzene rings is 1. The van der Waals surface area contributed by atoms with E-state index in [2.05, 4.69) is 13.8 Å². The molecular weight excluding hydrogens is 244 g/mol. The Balaban J connectivity index is 2.40. The lowest BCUT2D eigenvalue weighted by Crippen LogP contribution is -2.21. The van der Waals surface area contributed by atoms with Crippen LogP contribution in [0.4, 0.5) is 0 Å². The fourth-order valence-electron chi connectivity index (χ4n) is 2.59. The first kappa shape index (κ1) is 13.4. The van der Waals surface area contributed by atoms with Gasteiger partial charge in [0.2, 0.25) is 0 Å². The van der Waals surface area contributed by atoms with Crippen LogP contribution in [0.3, 0.4) is 0 Å². The Morgan fingerprint density at radius 2 is 2.00 bits per heavy atom. The molecule has 1 aliphatic rings. The van der Waals surface area contributed by atoms with Crippen molar-refractivity contribution in [2.75, 3.05) is 0 Å². The molecule has 96 valence electrons. The van der Waals surface area contributed by atoms with Crippen LogP contribution in [0.5, 0.6) is 0 Å². The van der Waals surface area contributed by atoms with Gasteiger partial charge in [0.1, 0.15) is 6.29 Å². The van der Waals surface area contributed by atoms with E-state index in [0.717, 1.165) is 48.1 Å². The molecule has 0 aromatic heterocycles. The Morgan fingerprint density at radius 1 is 1.33 bits per heavy atom. The Hall–Kier alpha value is -1.08. The van der Waals surface area contributed by atoms with Gasteiger partial charge in [0.15, 0.2) is 0 Å². The van der Waals surface area contributed by atoms with Crippen LogP contribution in [0, 0.1) is 5.41 Å². The maximum atomic E-state index is 11.2. The lowest BCUT2D eigenvalue weighted by molar-refractivity contribution is -0.105. The van der Waals surface area contributed by atoms with Crippen molar-refractivity contribution in [1.82, 2.24) is 0 Å². The van der Waals surface area contributed by atoms with E-state index in [9.17, 15) is 4.79 Å². The van der Waals surface area contributed by atoms with Crippen LogP contribution in [0.15, 0.2) is 29.8 Å². The zero-order valence-corrected chi connectivity index (χ0v) is 11.8. The van der Waals surface area contributed by atoms with Crippen molar-refractivity contribution in [1.29, 1.82) is 0 Å². The summed E-state index contributed by atoms with van der Waals surface area (Å²) in [6, 6.07) is 7.82. The first-order chi connectivity index (χ1) is 8.58. The smallest absolute Gasteiger partial charge is 0.146 e. The number of hydrogen-bond acceptors (Lipinski definition) is 1. The molecular formula is C16H19ClO. The van der Waals surface area contributed by atoms with Crippen molar-refractivity contribution in [2.24, 2.45) is 5.41 Å².